The van der Waals surface area contributed by atoms with Gasteiger partial charge in [-0.25, -0.2) is 9.97 Å². The Balaban J connectivity index is 1.94. The fourth-order valence-corrected chi connectivity index (χ4v) is 5.05. The van der Waals surface area contributed by atoms with Gasteiger partial charge in [-0.2, -0.15) is 0 Å². The highest BCUT2D eigenvalue weighted by Crippen LogP contribution is 2.41. The Morgan fingerprint density at radius 2 is 2.00 bits per heavy atom. The molecule has 0 spiro atoms. The number of thiophene rings is 1. The summed E-state index contributed by atoms with van der Waals surface area (Å²) in [6, 6.07) is 0. The zero-order valence-electron chi connectivity index (χ0n) is 16.5. The number of rotatable bonds is 8. The van der Waals surface area contributed by atoms with Gasteiger partial charge in [0.2, 0.25) is 0 Å². The van der Waals surface area contributed by atoms with Crippen LogP contribution in [0.4, 0.5) is 5.82 Å². The van der Waals surface area contributed by atoms with E-state index in [0.717, 1.165) is 54.2 Å². The van der Waals surface area contributed by atoms with E-state index in [1.807, 2.05) is 0 Å². The molecule has 1 aliphatic rings. The van der Waals surface area contributed by atoms with Gasteiger partial charge < -0.3 is 15.0 Å². The largest absolute Gasteiger partial charge is 0.370 e. The second-order valence-electron chi connectivity index (χ2n) is 7.15. The topological polar surface area (TPSA) is 50.3 Å². The Morgan fingerprint density at radius 1 is 1.23 bits per heavy atom. The highest BCUT2D eigenvalue weighted by molar-refractivity contribution is 7.99. The molecule has 0 fully saturated rings. The minimum Gasteiger partial charge on any atom is -0.370 e. The van der Waals surface area contributed by atoms with Crippen molar-refractivity contribution in [3.8, 4) is 0 Å². The van der Waals surface area contributed by atoms with E-state index in [9.17, 15) is 0 Å². The molecule has 2 aromatic heterocycles. The summed E-state index contributed by atoms with van der Waals surface area (Å²) in [6.45, 7) is 15.6. The Kier molecular flexibility index (Phi) is 6.43. The molecule has 3 heterocycles. The zero-order valence-corrected chi connectivity index (χ0v) is 18.1. The first-order chi connectivity index (χ1) is 12.5. The van der Waals surface area contributed by atoms with E-state index in [2.05, 4.69) is 44.8 Å². The standard InChI is InChI=1S/C19H30N4OS2/c1-6-23(7-2)10-9-20-16-15-13-11-19(4,5)24-12-14(13)26-17(15)22-18(21-16)25-8-3/h6-12H2,1-5H3,(H,20,21,22). The summed E-state index contributed by atoms with van der Waals surface area (Å²) >= 11 is 3.47. The maximum Gasteiger partial charge on any atom is 0.190 e. The van der Waals surface area contributed by atoms with Crippen molar-refractivity contribution in [3.05, 3.63) is 10.4 Å². The molecular formula is C19H30N4OS2. The lowest BCUT2D eigenvalue weighted by Gasteiger charge is -2.30. The molecule has 26 heavy (non-hydrogen) atoms. The van der Waals surface area contributed by atoms with Crippen LogP contribution < -0.4 is 5.32 Å². The SMILES string of the molecule is CCSc1nc(NCCN(CC)CC)c2c3c(sc2n1)COC(C)(C)C3. The Labute approximate surface area is 164 Å². The number of hydrogen-bond donors (Lipinski definition) is 1. The zero-order chi connectivity index (χ0) is 18.7. The molecule has 144 valence electrons. The maximum absolute atomic E-state index is 6.01. The molecule has 0 amide bonds. The summed E-state index contributed by atoms with van der Waals surface area (Å²) in [5, 5.41) is 5.68. The van der Waals surface area contributed by atoms with Crippen molar-refractivity contribution in [2.24, 2.45) is 0 Å². The van der Waals surface area contributed by atoms with Crippen molar-refractivity contribution < 1.29 is 4.74 Å². The third-order valence-electron chi connectivity index (χ3n) is 4.80. The van der Waals surface area contributed by atoms with Crippen LogP contribution in [0.3, 0.4) is 0 Å². The molecule has 0 saturated carbocycles. The number of thioether (sulfide) groups is 1. The lowest BCUT2D eigenvalue weighted by Crippen LogP contribution is -2.31. The number of likely N-dealkylation sites (N-methyl/N-ethyl adjacent to an activating group) is 1. The summed E-state index contributed by atoms with van der Waals surface area (Å²) in [4.78, 5) is 14.5. The van der Waals surface area contributed by atoms with Crippen LogP contribution in [0.1, 0.15) is 45.1 Å². The number of nitrogens with zero attached hydrogens (tertiary/aromatic N) is 3. The summed E-state index contributed by atoms with van der Waals surface area (Å²) in [6.07, 6.45) is 0.913. The van der Waals surface area contributed by atoms with Gasteiger partial charge in [0.15, 0.2) is 5.16 Å². The quantitative estimate of drug-likeness (QED) is 0.529. The first-order valence-electron chi connectivity index (χ1n) is 9.52. The molecule has 2 aromatic rings. The molecule has 0 saturated heterocycles. The van der Waals surface area contributed by atoms with Crippen molar-refractivity contribution in [3.63, 3.8) is 0 Å². The second-order valence-corrected chi connectivity index (χ2v) is 9.47. The van der Waals surface area contributed by atoms with Crippen LogP contribution in [0, 0.1) is 0 Å². The summed E-state index contributed by atoms with van der Waals surface area (Å²) in [5.74, 6) is 1.97. The molecule has 0 bridgehead atoms. The average molecular weight is 395 g/mol. The van der Waals surface area contributed by atoms with Crippen LogP contribution in [0.2, 0.25) is 0 Å². The molecule has 0 aromatic carbocycles. The van der Waals surface area contributed by atoms with E-state index < -0.39 is 0 Å². The maximum atomic E-state index is 6.01. The molecule has 7 heteroatoms. The van der Waals surface area contributed by atoms with Crippen molar-refractivity contribution in [1.82, 2.24) is 14.9 Å². The van der Waals surface area contributed by atoms with E-state index in [0.29, 0.717) is 6.61 Å². The van der Waals surface area contributed by atoms with Crippen molar-refractivity contribution in [2.45, 2.75) is 58.4 Å². The monoisotopic (exact) mass is 394 g/mol. The molecule has 0 radical (unpaired) electrons. The number of ether oxygens (including phenoxy) is 1. The fraction of sp³-hybridized carbons (Fsp3) is 0.684. The number of hydrogen-bond acceptors (Lipinski definition) is 7. The van der Waals surface area contributed by atoms with Gasteiger partial charge >= 0.3 is 0 Å². The van der Waals surface area contributed by atoms with E-state index in [4.69, 9.17) is 14.7 Å². The van der Waals surface area contributed by atoms with Crippen LogP contribution in [0.25, 0.3) is 10.2 Å². The molecule has 1 aliphatic heterocycles. The predicted octanol–water partition coefficient (Wildman–Crippen LogP) is 4.41. The molecule has 0 atom stereocenters. The summed E-state index contributed by atoms with van der Waals surface area (Å²) in [7, 11) is 0. The third-order valence-corrected chi connectivity index (χ3v) is 6.63. The normalized spacial score (nSPS) is 16.2. The Hall–Kier alpha value is -0.890. The first kappa shape index (κ1) is 19.9. The van der Waals surface area contributed by atoms with Gasteiger partial charge in [-0.1, -0.05) is 32.5 Å². The summed E-state index contributed by atoms with van der Waals surface area (Å²) in [5.41, 5.74) is 1.25. The summed E-state index contributed by atoms with van der Waals surface area (Å²) < 4.78 is 6.01. The third kappa shape index (κ3) is 4.32. The second kappa shape index (κ2) is 8.42. The van der Waals surface area contributed by atoms with Gasteiger partial charge in [-0.3, -0.25) is 0 Å². The van der Waals surface area contributed by atoms with Gasteiger partial charge in [0, 0.05) is 24.4 Å². The number of nitrogens with one attached hydrogen (secondary N) is 1. The predicted molar refractivity (Wildman–Crippen MR) is 113 cm³/mol. The smallest absolute Gasteiger partial charge is 0.190 e. The Morgan fingerprint density at radius 3 is 2.69 bits per heavy atom. The van der Waals surface area contributed by atoms with Gasteiger partial charge in [0.1, 0.15) is 10.6 Å². The van der Waals surface area contributed by atoms with Gasteiger partial charge in [-0.05, 0) is 38.3 Å². The fourth-order valence-electron chi connectivity index (χ4n) is 3.32. The lowest BCUT2D eigenvalue weighted by atomic mass is 9.94. The van der Waals surface area contributed by atoms with Crippen molar-refractivity contribution >= 4 is 39.1 Å². The molecule has 5 nitrogen and oxygen atoms in total. The molecular weight excluding hydrogens is 364 g/mol. The number of aromatic nitrogens is 2. The van der Waals surface area contributed by atoms with E-state index in [1.54, 1.807) is 23.1 Å². The van der Waals surface area contributed by atoms with E-state index in [1.165, 1.54) is 15.8 Å². The number of fused-ring (bicyclic) bond motifs is 3. The lowest BCUT2D eigenvalue weighted by molar-refractivity contribution is -0.0379. The van der Waals surface area contributed by atoms with E-state index >= 15 is 0 Å². The molecule has 3 rings (SSSR count). The Bertz CT molecular complexity index is 756. The molecule has 0 aliphatic carbocycles. The molecule has 0 unspecified atom stereocenters. The van der Waals surface area contributed by atoms with Crippen LogP contribution in [-0.2, 0) is 17.8 Å². The van der Waals surface area contributed by atoms with Gasteiger partial charge in [0.05, 0.1) is 17.6 Å². The minimum absolute atomic E-state index is 0.129. The van der Waals surface area contributed by atoms with Gasteiger partial charge in [-0.15, -0.1) is 11.3 Å². The highest BCUT2D eigenvalue weighted by atomic mass is 32.2. The number of anilines is 1. The van der Waals surface area contributed by atoms with Crippen molar-refractivity contribution in [1.29, 1.82) is 0 Å². The van der Waals surface area contributed by atoms with Gasteiger partial charge in [0.25, 0.3) is 0 Å². The van der Waals surface area contributed by atoms with E-state index in [-0.39, 0.29) is 5.60 Å². The van der Waals surface area contributed by atoms with Crippen molar-refractivity contribution in [2.75, 3.05) is 37.2 Å². The van der Waals surface area contributed by atoms with Crippen LogP contribution in [-0.4, -0.2) is 52.4 Å². The van der Waals surface area contributed by atoms with Crippen LogP contribution in [0.15, 0.2) is 5.16 Å². The minimum atomic E-state index is -0.129. The average Bonchev–Trinajstić information content (AvgIpc) is 2.95. The highest BCUT2D eigenvalue weighted by Gasteiger charge is 2.31. The van der Waals surface area contributed by atoms with Crippen LogP contribution in [0.5, 0.6) is 0 Å². The molecule has 1 N–H and O–H groups in total. The first-order valence-corrected chi connectivity index (χ1v) is 11.3. The van der Waals surface area contributed by atoms with Crippen LogP contribution >= 0.6 is 23.1 Å².